The van der Waals surface area contributed by atoms with Crippen LogP contribution in [0, 0.1) is 5.41 Å². The molecule has 9 heavy (non-hydrogen) atoms. The molecule has 0 aliphatic heterocycles. The molecule has 0 aromatic carbocycles. The standard InChI is InChI=1S/C9H16/c1-5-6-7-8-9(2,3)4/h5-7H,1,8H2,2-4H3/b7-6+. The fourth-order valence-corrected chi connectivity index (χ4v) is 0.518. The highest BCUT2D eigenvalue weighted by Crippen LogP contribution is 2.18. The first-order valence-electron chi connectivity index (χ1n) is 3.34. The third-order valence-electron chi connectivity index (χ3n) is 1.00. The van der Waals surface area contributed by atoms with Gasteiger partial charge in [0.2, 0.25) is 0 Å². The summed E-state index contributed by atoms with van der Waals surface area (Å²) in [4.78, 5) is 0. The molecule has 0 N–H and O–H groups in total. The summed E-state index contributed by atoms with van der Waals surface area (Å²) in [6.45, 7) is 10.3. The highest BCUT2D eigenvalue weighted by molar-refractivity contribution is 4.98. The summed E-state index contributed by atoms with van der Waals surface area (Å²) >= 11 is 0. The molecule has 0 aliphatic rings. The third kappa shape index (κ3) is 7.48. The van der Waals surface area contributed by atoms with E-state index in [-0.39, 0.29) is 0 Å². The van der Waals surface area contributed by atoms with Crippen molar-refractivity contribution in [1.29, 1.82) is 0 Å². The SMILES string of the molecule is C=C/C=C/CC(C)(C)C. The minimum absolute atomic E-state index is 0.416. The van der Waals surface area contributed by atoms with Crippen LogP contribution >= 0.6 is 0 Å². The van der Waals surface area contributed by atoms with Crippen LogP contribution in [0.15, 0.2) is 24.8 Å². The Labute approximate surface area is 58.3 Å². The molecule has 0 saturated heterocycles. The van der Waals surface area contributed by atoms with Gasteiger partial charge in [-0.25, -0.2) is 0 Å². The lowest BCUT2D eigenvalue weighted by Gasteiger charge is -2.13. The van der Waals surface area contributed by atoms with Crippen molar-refractivity contribution in [3.8, 4) is 0 Å². The molecule has 0 saturated carbocycles. The van der Waals surface area contributed by atoms with Gasteiger partial charge < -0.3 is 0 Å². The summed E-state index contributed by atoms with van der Waals surface area (Å²) in [7, 11) is 0. The van der Waals surface area contributed by atoms with E-state index in [1.54, 1.807) is 0 Å². The predicted molar refractivity (Wildman–Crippen MR) is 43.4 cm³/mol. The minimum atomic E-state index is 0.416. The quantitative estimate of drug-likeness (QED) is 0.496. The molecule has 0 bridgehead atoms. The van der Waals surface area contributed by atoms with Crippen LogP contribution in [0.5, 0.6) is 0 Å². The lowest BCUT2D eigenvalue weighted by atomic mass is 9.92. The van der Waals surface area contributed by atoms with Crippen molar-refractivity contribution in [2.45, 2.75) is 27.2 Å². The van der Waals surface area contributed by atoms with Crippen LogP contribution in [0.2, 0.25) is 0 Å². The van der Waals surface area contributed by atoms with Gasteiger partial charge in [0.1, 0.15) is 0 Å². The molecule has 0 heterocycles. The first-order valence-corrected chi connectivity index (χ1v) is 3.34. The van der Waals surface area contributed by atoms with Gasteiger partial charge in [-0.2, -0.15) is 0 Å². The summed E-state index contributed by atoms with van der Waals surface area (Å²) in [5.41, 5.74) is 0.416. The molecule has 0 heteroatoms. The van der Waals surface area contributed by atoms with E-state index in [2.05, 4.69) is 33.4 Å². The molecule has 0 amide bonds. The molecular weight excluding hydrogens is 108 g/mol. The fraction of sp³-hybridized carbons (Fsp3) is 0.556. The average molecular weight is 124 g/mol. The Kier molecular flexibility index (Phi) is 3.29. The van der Waals surface area contributed by atoms with Gasteiger partial charge in [0.05, 0.1) is 0 Å². The zero-order valence-corrected chi connectivity index (χ0v) is 6.65. The van der Waals surface area contributed by atoms with E-state index in [1.807, 2.05) is 12.2 Å². The second-order valence-electron chi connectivity index (χ2n) is 3.43. The van der Waals surface area contributed by atoms with Crippen molar-refractivity contribution >= 4 is 0 Å². The summed E-state index contributed by atoms with van der Waals surface area (Å²) in [5.74, 6) is 0. The fourth-order valence-electron chi connectivity index (χ4n) is 0.518. The van der Waals surface area contributed by atoms with Gasteiger partial charge in [0.15, 0.2) is 0 Å². The smallest absolute Gasteiger partial charge is 0.0299 e. The second-order valence-corrected chi connectivity index (χ2v) is 3.43. The molecule has 0 radical (unpaired) electrons. The molecular formula is C9H16. The summed E-state index contributed by atoms with van der Waals surface area (Å²) in [6, 6.07) is 0. The van der Waals surface area contributed by atoms with Crippen molar-refractivity contribution < 1.29 is 0 Å². The van der Waals surface area contributed by atoms with Gasteiger partial charge in [-0.1, -0.05) is 45.6 Å². The largest absolute Gasteiger partial charge is 0.0991 e. The van der Waals surface area contributed by atoms with Crippen molar-refractivity contribution in [2.24, 2.45) is 5.41 Å². The monoisotopic (exact) mass is 124 g/mol. The average Bonchev–Trinajstić information content (AvgIpc) is 1.63. The highest BCUT2D eigenvalue weighted by atomic mass is 14.1. The Morgan fingerprint density at radius 3 is 2.22 bits per heavy atom. The van der Waals surface area contributed by atoms with Crippen molar-refractivity contribution in [2.75, 3.05) is 0 Å². The molecule has 0 aliphatic carbocycles. The molecule has 0 aromatic rings. The molecule has 0 rings (SSSR count). The maximum atomic E-state index is 3.59. The van der Waals surface area contributed by atoms with E-state index in [4.69, 9.17) is 0 Å². The number of hydrogen-bond acceptors (Lipinski definition) is 0. The van der Waals surface area contributed by atoms with Crippen molar-refractivity contribution in [3.05, 3.63) is 24.8 Å². The second kappa shape index (κ2) is 3.49. The predicted octanol–water partition coefficient (Wildman–Crippen LogP) is 3.16. The van der Waals surface area contributed by atoms with Crippen LogP contribution in [-0.4, -0.2) is 0 Å². The Morgan fingerprint density at radius 2 is 1.89 bits per heavy atom. The number of allylic oxidation sites excluding steroid dienone is 3. The number of rotatable bonds is 2. The maximum absolute atomic E-state index is 3.59. The van der Waals surface area contributed by atoms with E-state index in [1.165, 1.54) is 0 Å². The topological polar surface area (TPSA) is 0 Å². The third-order valence-corrected chi connectivity index (χ3v) is 1.00. The Balaban J connectivity index is 3.50. The van der Waals surface area contributed by atoms with Crippen molar-refractivity contribution in [1.82, 2.24) is 0 Å². The minimum Gasteiger partial charge on any atom is -0.0991 e. The zero-order valence-electron chi connectivity index (χ0n) is 6.65. The molecule has 52 valence electrons. The van der Waals surface area contributed by atoms with Crippen LogP contribution in [-0.2, 0) is 0 Å². The summed E-state index contributed by atoms with van der Waals surface area (Å²) < 4.78 is 0. The first kappa shape index (κ1) is 8.48. The van der Waals surface area contributed by atoms with Gasteiger partial charge in [-0.05, 0) is 11.8 Å². The van der Waals surface area contributed by atoms with Crippen LogP contribution in [0.4, 0.5) is 0 Å². The van der Waals surface area contributed by atoms with E-state index >= 15 is 0 Å². The molecule has 0 aromatic heterocycles. The van der Waals surface area contributed by atoms with Gasteiger partial charge >= 0.3 is 0 Å². The van der Waals surface area contributed by atoms with Crippen LogP contribution in [0.1, 0.15) is 27.2 Å². The lowest BCUT2D eigenvalue weighted by Crippen LogP contribution is -2.01. The molecule has 0 nitrogen and oxygen atoms in total. The van der Waals surface area contributed by atoms with E-state index < -0.39 is 0 Å². The van der Waals surface area contributed by atoms with E-state index in [9.17, 15) is 0 Å². The van der Waals surface area contributed by atoms with Gasteiger partial charge in [0.25, 0.3) is 0 Å². The molecule has 0 fully saturated rings. The molecule has 0 spiro atoms. The first-order chi connectivity index (χ1) is 4.06. The van der Waals surface area contributed by atoms with Gasteiger partial charge in [-0.15, -0.1) is 0 Å². The molecule has 0 unspecified atom stereocenters. The van der Waals surface area contributed by atoms with Crippen LogP contribution in [0.25, 0.3) is 0 Å². The zero-order chi connectivity index (χ0) is 7.33. The van der Waals surface area contributed by atoms with E-state index in [0.29, 0.717) is 5.41 Å². The summed E-state index contributed by atoms with van der Waals surface area (Å²) in [6.07, 6.45) is 7.07. The van der Waals surface area contributed by atoms with Crippen molar-refractivity contribution in [3.63, 3.8) is 0 Å². The lowest BCUT2D eigenvalue weighted by molar-refractivity contribution is 0.420. The van der Waals surface area contributed by atoms with Gasteiger partial charge in [0, 0.05) is 0 Å². The highest BCUT2D eigenvalue weighted by Gasteiger charge is 2.05. The van der Waals surface area contributed by atoms with Gasteiger partial charge in [-0.3, -0.25) is 0 Å². The Morgan fingerprint density at radius 1 is 1.33 bits per heavy atom. The van der Waals surface area contributed by atoms with Crippen LogP contribution in [0.3, 0.4) is 0 Å². The Hall–Kier alpha value is -0.520. The van der Waals surface area contributed by atoms with Crippen LogP contribution < -0.4 is 0 Å². The van der Waals surface area contributed by atoms with E-state index in [0.717, 1.165) is 6.42 Å². The normalized spacial score (nSPS) is 12.3. The summed E-state index contributed by atoms with van der Waals surface area (Å²) in [5, 5.41) is 0. The number of hydrogen-bond donors (Lipinski definition) is 0. The molecule has 0 atom stereocenters. The maximum Gasteiger partial charge on any atom is -0.0299 e. The Bertz CT molecular complexity index is 102.